The number of benzene rings is 1. The van der Waals surface area contributed by atoms with Gasteiger partial charge in [-0.25, -0.2) is 0 Å². The Morgan fingerprint density at radius 2 is 1.56 bits per heavy atom. The fourth-order valence-corrected chi connectivity index (χ4v) is 1.61. The number of hydrogen-bond donors (Lipinski definition) is 0. The van der Waals surface area contributed by atoms with Crippen LogP contribution in [-0.2, 0) is 0 Å². The number of aromatic nitrogens is 1. The van der Waals surface area contributed by atoms with Gasteiger partial charge in [-0.3, -0.25) is 9.47 Å². The summed E-state index contributed by atoms with van der Waals surface area (Å²) in [5, 5.41) is 0. The second kappa shape index (κ2) is 4.06. The summed E-state index contributed by atoms with van der Waals surface area (Å²) < 4.78 is 0.836. The van der Waals surface area contributed by atoms with Gasteiger partial charge in [-0.1, -0.05) is 6.07 Å². The molecule has 16 heavy (non-hydrogen) atoms. The molecular formula is C14H17N2+. The summed E-state index contributed by atoms with van der Waals surface area (Å²) in [6, 6.07) is 14.5. The molecule has 0 saturated heterocycles. The van der Waals surface area contributed by atoms with Crippen LogP contribution in [0.25, 0.3) is 11.3 Å². The zero-order chi connectivity index (χ0) is 11.6. The highest BCUT2D eigenvalue weighted by Gasteiger charge is 2.11. The Morgan fingerprint density at radius 1 is 0.875 bits per heavy atom. The van der Waals surface area contributed by atoms with Crippen molar-refractivity contribution in [3.05, 3.63) is 48.7 Å². The number of quaternary nitrogens is 1. The second-order valence-electron chi connectivity index (χ2n) is 4.77. The van der Waals surface area contributed by atoms with Crippen LogP contribution in [0.3, 0.4) is 0 Å². The van der Waals surface area contributed by atoms with Crippen molar-refractivity contribution >= 4 is 5.69 Å². The lowest BCUT2D eigenvalue weighted by Crippen LogP contribution is -2.34. The molecule has 2 heteroatoms. The normalized spacial score (nSPS) is 11.4. The lowest BCUT2D eigenvalue weighted by molar-refractivity contribution is 0.486. The Kier molecular flexibility index (Phi) is 2.75. The maximum atomic E-state index is 4.34. The van der Waals surface area contributed by atoms with Gasteiger partial charge >= 0.3 is 0 Å². The molecule has 0 aliphatic heterocycles. The van der Waals surface area contributed by atoms with Crippen LogP contribution >= 0.6 is 0 Å². The fourth-order valence-electron chi connectivity index (χ4n) is 1.61. The third-order valence-corrected chi connectivity index (χ3v) is 2.60. The van der Waals surface area contributed by atoms with Gasteiger partial charge in [-0.2, -0.15) is 0 Å². The molecule has 2 rings (SSSR count). The fraction of sp³-hybridized carbons (Fsp3) is 0.214. The van der Waals surface area contributed by atoms with Gasteiger partial charge in [-0.05, 0) is 36.4 Å². The van der Waals surface area contributed by atoms with Crippen LogP contribution in [-0.4, -0.2) is 26.1 Å². The van der Waals surface area contributed by atoms with Gasteiger partial charge in [0.15, 0.2) is 0 Å². The molecule has 0 amide bonds. The summed E-state index contributed by atoms with van der Waals surface area (Å²) in [4.78, 5) is 4.34. The predicted molar refractivity (Wildman–Crippen MR) is 69.2 cm³/mol. The first-order chi connectivity index (χ1) is 7.57. The van der Waals surface area contributed by atoms with Gasteiger partial charge in [0, 0.05) is 11.8 Å². The second-order valence-corrected chi connectivity index (χ2v) is 4.77. The molecule has 1 heterocycles. The highest BCUT2D eigenvalue weighted by atomic mass is 15.3. The number of nitrogens with zero attached hydrogens (tertiary/aromatic N) is 2. The van der Waals surface area contributed by atoms with E-state index in [4.69, 9.17) is 0 Å². The molecule has 0 N–H and O–H groups in total. The standard InChI is InChI=1S/C14H17N2/c1-16(2,3)13-9-7-12(8-10-13)14-6-4-5-11-15-14/h4-11H,1-3H3/q+1. The Morgan fingerprint density at radius 3 is 2.06 bits per heavy atom. The summed E-state index contributed by atoms with van der Waals surface area (Å²) >= 11 is 0. The summed E-state index contributed by atoms with van der Waals surface area (Å²) in [6.45, 7) is 0. The first-order valence-electron chi connectivity index (χ1n) is 5.41. The first kappa shape index (κ1) is 10.8. The van der Waals surface area contributed by atoms with Crippen molar-refractivity contribution in [3.63, 3.8) is 0 Å². The highest BCUT2D eigenvalue weighted by Crippen LogP contribution is 2.22. The summed E-state index contributed by atoms with van der Waals surface area (Å²) in [5.74, 6) is 0. The van der Waals surface area contributed by atoms with Crippen molar-refractivity contribution in [1.82, 2.24) is 9.47 Å². The van der Waals surface area contributed by atoms with E-state index in [0.29, 0.717) is 0 Å². The lowest BCUT2D eigenvalue weighted by atomic mass is 10.1. The zero-order valence-corrected chi connectivity index (χ0v) is 10.0. The molecule has 0 aliphatic carbocycles. The molecule has 2 nitrogen and oxygen atoms in total. The average molecular weight is 213 g/mol. The van der Waals surface area contributed by atoms with Gasteiger partial charge in [-0.15, -0.1) is 0 Å². The minimum absolute atomic E-state index is 0.836. The maximum Gasteiger partial charge on any atom is 0.132 e. The smallest absolute Gasteiger partial charge is 0.132 e. The number of pyridine rings is 1. The number of rotatable bonds is 2. The van der Waals surface area contributed by atoms with Crippen molar-refractivity contribution in [3.8, 4) is 11.3 Å². The van der Waals surface area contributed by atoms with E-state index < -0.39 is 0 Å². The average Bonchev–Trinajstić information content (AvgIpc) is 2.29. The highest BCUT2D eigenvalue weighted by molar-refractivity contribution is 5.61. The molecule has 1 aromatic carbocycles. The van der Waals surface area contributed by atoms with Crippen LogP contribution < -0.4 is 4.48 Å². The quantitative estimate of drug-likeness (QED) is 0.699. The minimum atomic E-state index is 0.836. The van der Waals surface area contributed by atoms with E-state index in [9.17, 15) is 0 Å². The van der Waals surface area contributed by atoms with Crippen molar-refractivity contribution in [2.45, 2.75) is 0 Å². The van der Waals surface area contributed by atoms with Crippen molar-refractivity contribution in [2.75, 3.05) is 21.1 Å². The van der Waals surface area contributed by atoms with Crippen LogP contribution in [0.2, 0.25) is 0 Å². The Labute approximate surface area is 96.8 Å². The monoisotopic (exact) mass is 213 g/mol. The minimum Gasteiger partial charge on any atom is -0.298 e. The van der Waals surface area contributed by atoms with E-state index in [2.05, 4.69) is 50.4 Å². The van der Waals surface area contributed by atoms with Crippen LogP contribution in [0.4, 0.5) is 5.69 Å². The van der Waals surface area contributed by atoms with E-state index in [1.807, 2.05) is 24.4 Å². The van der Waals surface area contributed by atoms with Gasteiger partial charge in [0.05, 0.1) is 26.8 Å². The van der Waals surface area contributed by atoms with E-state index in [-0.39, 0.29) is 0 Å². The summed E-state index contributed by atoms with van der Waals surface area (Å²) in [6.07, 6.45) is 1.82. The first-order valence-corrected chi connectivity index (χ1v) is 5.41. The molecule has 0 atom stereocenters. The van der Waals surface area contributed by atoms with Crippen molar-refractivity contribution < 1.29 is 0 Å². The third kappa shape index (κ3) is 2.28. The zero-order valence-electron chi connectivity index (χ0n) is 10.0. The van der Waals surface area contributed by atoms with E-state index in [0.717, 1.165) is 15.7 Å². The molecule has 0 fully saturated rings. The van der Waals surface area contributed by atoms with Crippen LogP contribution in [0, 0.1) is 0 Å². The molecule has 0 aliphatic rings. The molecule has 0 bridgehead atoms. The lowest BCUT2D eigenvalue weighted by Gasteiger charge is -2.23. The third-order valence-electron chi connectivity index (χ3n) is 2.60. The SMILES string of the molecule is C[N+](C)(C)c1ccc(-c2ccccn2)cc1. The topological polar surface area (TPSA) is 12.9 Å². The summed E-state index contributed by atoms with van der Waals surface area (Å²) in [5.41, 5.74) is 3.48. The van der Waals surface area contributed by atoms with E-state index >= 15 is 0 Å². The van der Waals surface area contributed by atoms with Crippen LogP contribution in [0.15, 0.2) is 48.7 Å². The molecule has 82 valence electrons. The van der Waals surface area contributed by atoms with Gasteiger partial charge in [0.1, 0.15) is 5.69 Å². The van der Waals surface area contributed by atoms with E-state index in [1.54, 1.807) is 0 Å². The van der Waals surface area contributed by atoms with Crippen molar-refractivity contribution in [1.29, 1.82) is 0 Å². The molecule has 0 saturated carbocycles. The molecule has 0 unspecified atom stereocenters. The van der Waals surface area contributed by atoms with E-state index in [1.165, 1.54) is 5.69 Å². The molecular weight excluding hydrogens is 196 g/mol. The molecule has 2 aromatic rings. The van der Waals surface area contributed by atoms with Crippen molar-refractivity contribution in [2.24, 2.45) is 0 Å². The van der Waals surface area contributed by atoms with Gasteiger partial charge < -0.3 is 0 Å². The van der Waals surface area contributed by atoms with Crippen LogP contribution in [0.1, 0.15) is 0 Å². The van der Waals surface area contributed by atoms with Gasteiger partial charge in [0.2, 0.25) is 0 Å². The number of hydrogen-bond acceptors (Lipinski definition) is 1. The molecule has 0 radical (unpaired) electrons. The molecule has 1 aromatic heterocycles. The predicted octanol–water partition coefficient (Wildman–Crippen LogP) is 2.95. The van der Waals surface area contributed by atoms with Gasteiger partial charge in [0.25, 0.3) is 0 Å². The largest absolute Gasteiger partial charge is 0.298 e. The Bertz CT molecular complexity index is 452. The molecule has 0 spiro atoms. The maximum absolute atomic E-state index is 4.34. The van der Waals surface area contributed by atoms with Crippen LogP contribution in [0.5, 0.6) is 0 Å². The Balaban J connectivity index is 2.34. The summed E-state index contributed by atoms with van der Waals surface area (Å²) in [7, 11) is 6.49. The Hall–Kier alpha value is -1.67.